The summed E-state index contributed by atoms with van der Waals surface area (Å²) in [6, 6.07) is 60.9. The van der Waals surface area contributed by atoms with Crippen LogP contribution in [0.25, 0.3) is 0 Å². The van der Waals surface area contributed by atoms with Gasteiger partial charge >= 0.3 is 0 Å². The zero-order valence-electron chi connectivity index (χ0n) is 28.2. The first-order chi connectivity index (χ1) is 22.8. The van der Waals surface area contributed by atoms with Gasteiger partial charge in [-0.2, -0.15) is 18.8 Å². The second kappa shape index (κ2) is 16.3. The molecule has 6 aromatic rings. The Morgan fingerprint density at radius 2 is 1.06 bits per heavy atom. The van der Waals surface area contributed by atoms with E-state index in [0.29, 0.717) is 6.04 Å². The van der Waals surface area contributed by atoms with E-state index in [9.17, 15) is 0 Å². The average Bonchev–Trinajstić information content (AvgIpc) is 3.88. The Morgan fingerprint density at radius 1 is 0.612 bits per heavy atom. The predicted molar refractivity (Wildman–Crippen MR) is 206 cm³/mol. The molecule has 2 saturated heterocycles. The van der Waals surface area contributed by atoms with E-state index in [1.54, 1.807) is 0 Å². The molecule has 0 N–H and O–H groups in total. The van der Waals surface area contributed by atoms with Gasteiger partial charge in [-0.1, -0.05) is 115 Å². The average molecular weight is 840 g/mol. The molecule has 0 saturated carbocycles. The minimum absolute atomic E-state index is 0. The molecule has 0 spiro atoms. The van der Waals surface area contributed by atoms with Gasteiger partial charge in [0.1, 0.15) is 22.1 Å². The zero-order valence-corrected chi connectivity index (χ0v) is 31.6. The van der Waals surface area contributed by atoms with E-state index < -0.39 is 13.5 Å². The van der Waals surface area contributed by atoms with E-state index in [0.717, 1.165) is 6.54 Å². The van der Waals surface area contributed by atoms with Crippen LogP contribution in [0.1, 0.15) is 29.5 Å². The Kier molecular flexibility index (Phi) is 12.2. The van der Waals surface area contributed by atoms with Crippen molar-refractivity contribution in [1.82, 2.24) is 4.90 Å². The molecule has 253 valence electrons. The first kappa shape index (κ1) is 36.5. The summed E-state index contributed by atoms with van der Waals surface area (Å²) in [5, 5.41) is 4.31. The number of fused-ring (bicyclic) bond motifs is 5. The van der Waals surface area contributed by atoms with E-state index in [4.69, 9.17) is 4.74 Å². The Labute approximate surface area is 308 Å². The van der Waals surface area contributed by atoms with E-state index >= 15 is 0 Å². The molecule has 3 heterocycles. The summed E-state index contributed by atoms with van der Waals surface area (Å²) in [5.74, 6) is 0. The number of hydrogen-bond donors (Lipinski definition) is 0. The van der Waals surface area contributed by atoms with Crippen LogP contribution in [0.3, 0.4) is 0 Å². The Bertz CT molecular complexity index is 1720. The van der Waals surface area contributed by atoms with Crippen molar-refractivity contribution in [3.05, 3.63) is 208 Å². The van der Waals surface area contributed by atoms with E-state index in [1.165, 1.54) is 51.1 Å². The van der Waals surface area contributed by atoms with Gasteiger partial charge in [0, 0.05) is 26.1 Å². The molecule has 49 heavy (non-hydrogen) atoms. The fraction of sp³-hybridized carbons (Fsp3) is 0.136. The van der Waals surface area contributed by atoms with Crippen LogP contribution in [0.4, 0.5) is 5.69 Å². The Morgan fingerprint density at radius 3 is 1.53 bits per heavy atom. The van der Waals surface area contributed by atoms with Gasteiger partial charge in [0.2, 0.25) is 0 Å². The van der Waals surface area contributed by atoms with Crippen molar-refractivity contribution in [3.8, 4) is 0 Å². The van der Waals surface area contributed by atoms with Crippen LogP contribution in [0.5, 0.6) is 0 Å². The van der Waals surface area contributed by atoms with Gasteiger partial charge in [-0.3, -0.25) is 0 Å². The van der Waals surface area contributed by atoms with Gasteiger partial charge < -0.3 is 29.4 Å². The van der Waals surface area contributed by atoms with Crippen molar-refractivity contribution in [1.29, 1.82) is 0 Å². The summed E-state index contributed by atoms with van der Waals surface area (Å²) in [7, 11) is -0.877. The SMILES string of the molecule is [CH3-].[CH3-].[Ir].c1ccc(C2(c3ccccc3)O[C@H]3[C@@H]4CCCN4[CH-]N3c3[cH-]ccc32)cc1.c1ccc([PH+](c2ccccc2)c2ccccc2)cc1. The van der Waals surface area contributed by atoms with Crippen LogP contribution < -0.4 is 20.8 Å². The normalized spacial score (nSPS) is 18.3. The molecular formula is C44H44IrN2OP-3. The third kappa shape index (κ3) is 6.87. The summed E-state index contributed by atoms with van der Waals surface area (Å²) in [6.07, 6.45) is 2.47. The molecule has 3 nitrogen and oxygen atoms in total. The molecule has 3 aliphatic rings. The molecular weight excluding hydrogens is 796 g/mol. The van der Waals surface area contributed by atoms with Gasteiger partial charge in [-0.15, -0.1) is 11.3 Å². The molecule has 2 atom stereocenters. The second-order valence-corrected chi connectivity index (χ2v) is 14.7. The summed E-state index contributed by atoms with van der Waals surface area (Å²) < 4.78 is 7.12. The van der Waals surface area contributed by atoms with Gasteiger partial charge in [-0.05, 0) is 66.9 Å². The van der Waals surface area contributed by atoms with Gasteiger partial charge in [0.25, 0.3) is 0 Å². The molecule has 1 radical (unpaired) electrons. The smallest absolute Gasteiger partial charge is 0.116 e. The van der Waals surface area contributed by atoms with Crippen molar-refractivity contribution >= 4 is 29.5 Å². The molecule has 0 bridgehead atoms. The molecule has 0 aromatic heterocycles. The number of nitrogens with zero attached hydrogens (tertiary/aromatic N) is 2. The maximum absolute atomic E-state index is 7.12. The van der Waals surface area contributed by atoms with E-state index in [2.05, 4.69) is 186 Å². The van der Waals surface area contributed by atoms with Crippen molar-refractivity contribution in [2.45, 2.75) is 30.7 Å². The van der Waals surface area contributed by atoms with Crippen molar-refractivity contribution in [2.24, 2.45) is 0 Å². The summed E-state index contributed by atoms with van der Waals surface area (Å²) >= 11 is 0. The third-order valence-corrected chi connectivity index (χ3v) is 12.2. The quantitative estimate of drug-likeness (QED) is 0.128. The van der Waals surface area contributed by atoms with Crippen LogP contribution in [0.2, 0.25) is 0 Å². The van der Waals surface area contributed by atoms with Crippen LogP contribution in [-0.2, 0) is 30.4 Å². The summed E-state index contributed by atoms with van der Waals surface area (Å²) in [5.41, 5.74) is 4.32. The number of anilines is 1. The molecule has 2 fully saturated rings. The Hall–Kier alpha value is -3.75. The largest absolute Gasteiger partial charge is 0.504 e. The van der Waals surface area contributed by atoms with Crippen LogP contribution in [0.15, 0.2) is 170 Å². The van der Waals surface area contributed by atoms with E-state index in [-0.39, 0.29) is 41.2 Å². The minimum Gasteiger partial charge on any atom is -0.504 e. The molecule has 3 aliphatic heterocycles. The van der Waals surface area contributed by atoms with Crippen molar-refractivity contribution in [2.75, 3.05) is 11.4 Å². The molecule has 5 heteroatoms. The first-order valence-corrected chi connectivity index (χ1v) is 17.8. The molecule has 9 rings (SSSR count). The monoisotopic (exact) mass is 840 g/mol. The number of hydrogen-bond acceptors (Lipinski definition) is 3. The van der Waals surface area contributed by atoms with Crippen LogP contribution in [0, 0.1) is 21.5 Å². The maximum Gasteiger partial charge on any atom is 0.116 e. The number of rotatable bonds is 5. The maximum atomic E-state index is 7.12. The van der Waals surface area contributed by atoms with Crippen LogP contribution in [-0.4, -0.2) is 23.7 Å². The predicted octanol–water partition coefficient (Wildman–Crippen LogP) is 8.53. The molecule has 0 aliphatic carbocycles. The van der Waals surface area contributed by atoms with Gasteiger partial charge in [0.05, 0.1) is 13.5 Å². The zero-order chi connectivity index (χ0) is 30.8. The second-order valence-electron chi connectivity index (χ2n) is 12.2. The van der Waals surface area contributed by atoms with Crippen molar-refractivity contribution < 1.29 is 24.8 Å². The summed E-state index contributed by atoms with van der Waals surface area (Å²) in [6.45, 7) is 3.40. The van der Waals surface area contributed by atoms with Gasteiger partial charge in [-0.25, -0.2) is 6.07 Å². The number of ether oxygens (including phenoxy) is 1. The third-order valence-electron chi connectivity index (χ3n) is 9.51. The van der Waals surface area contributed by atoms with Crippen molar-refractivity contribution in [3.63, 3.8) is 0 Å². The fourth-order valence-corrected chi connectivity index (χ4v) is 10.0. The molecule has 6 aromatic carbocycles. The fourth-order valence-electron chi connectivity index (χ4n) is 7.46. The molecule has 0 amide bonds. The number of benzene rings is 5. The van der Waals surface area contributed by atoms with Gasteiger partial charge in [0.15, 0.2) is 0 Å². The summed E-state index contributed by atoms with van der Waals surface area (Å²) in [4.78, 5) is 4.82. The topological polar surface area (TPSA) is 15.7 Å². The van der Waals surface area contributed by atoms with Crippen LogP contribution >= 0.6 is 7.92 Å². The standard InChI is InChI=1S/C24H22N2O.C18H15P.2CH3.Ir/c1-3-9-18(10-4-1)24(19-11-5-2-6-12-19)20-13-7-14-21(20)26-17-25-16-8-15-22(25)23(26)27-24;1-4-10-16(11-5-1)19(17-12-6-2-7-13-17)18-14-8-3-9-15-18;;;/h1-7,9-14,17,22-23H,8,15-16H2;1-15H;2*1H3;/q-2;;2*-1;/p+1/t22-,23-;;;;/m0..../s1. The van der Waals surface area contributed by atoms with E-state index in [1.807, 2.05) is 0 Å². The Balaban J connectivity index is 0.000000190. The molecule has 0 unspecified atom stereocenters. The minimum atomic E-state index is -0.877. The first-order valence-electron chi connectivity index (χ1n) is 16.3.